The molecule has 0 bridgehead atoms. The zero-order chi connectivity index (χ0) is 21.1. The Morgan fingerprint density at radius 3 is 1.71 bits per heavy atom. The monoisotopic (exact) mass is 388 g/mol. The summed E-state index contributed by atoms with van der Waals surface area (Å²) in [5, 5.41) is 52.4. The molecule has 0 heterocycles. The van der Waals surface area contributed by atoms with Gasteiger partial charge in [-0.05, 0) is 23.6 Å². The molecule has 0 aliphatic heterocycles. The minimum atomic E-state index is -1.12. The molecule has 0 saturated heterocycles. The number of aliphatic hydroxyl groups excluding tert-OH is 2. The molecule has 8 nitrogen and oxygen atoms in total. The van der Waals surface area contributed by atoms with Gasteiger partial charge in [0.1, 0.15) is 22.6 Å². The highest BCUT2D eigenvalue weighted by atomic mass is 16.4. The number of carbonyl (C=O) groups is 2. The summed E-state index contributed by atoms with van der Waals surface area (Å²) in [4.78, 5) is 21.0. The molecule has 0 atom stereocenters. The molecular weight excluding hydrogens is 368 g/mol. The molecule has 0 amide bonds. The molecular formula is C20H20O8. The van der Waals surface area contributed by atoms with Crippen LogP contribution in [0.25, 0.3) is 10.8 Å². The second kappa shape index (κ2) is 11.2. The zero-order valence-electron chi connectivity index (χ0n) is 14.7. The number of benzene rings is 3. The predicted molar refractivity (Wildman–Crippen MR) is 102 cm³/mol. The Morgan fingerprint density at radius 1 is 0.679 bits per heavy atom. The van der Waals surface area contributed by atoms with E-state index in [1.165, 1.54) is 18.2 Å². The van der Waals surface area contributed by atoms with E-state index in [2.05, 4.69) is 0 Å². The number of hydrogen-bond acceptors (Lipinski definition) is 6. The number of rotatable bonds is 3. The average Bonchev–Trinajstić information content (AvgIpc) is 2.69. The molecule has 0 saturated carbocycles. The molecule has 0 spiro atoms. The van der Waals surface area contributed by atoms with Crippen LogP contribution < -0.4 is 0 Å². The van der Waals surface area contributed by atoms with Crippen molar-refractivity contribution in [3.05, 3.63) is 71.8 Å². The summed E-state index contributed by atoms with van der Waals surface area (Å²) in [6.45, 7) is -0.250. The van der Waals surface area contributed by atoms with E-state index in [9.17, 15) is 14.7 Å². The van der Waals surface area contributed by atoms with E-state index in [0.717, 1.165) is 5.39 Å². The van der Waals surface area contributed by atoms with Crippen molar-refractivity contribution in [2.75, 3.05) is 13.2 Å². The van der Waals surface area contributed by atoms with Gasteiger partial charge in [-0.1, -0.05) is 42.5 Å². The first kappa shape index (κ1) is 22.4. The van der Waals surface area contributed by atoms with E-state index < -0.39 is 11.9 Å². The van der Waals surface area contributed by atoms with Gasteiger partial charge < -0.3 is 30.6 Å². The highest BCUT2D eigenvalue weighted by Gasteiger charge is 2.11. The van der Waals surface area contributed by atoms with Crippen molar-refractivity contribution < 1.29 is 40.2 Å². The maximum absolute atomic E-state index is 10.7. The van der Waals surface area contributed by atoms with Crippen LogP contribution in [-0.4, -0.2) is 55.8 Å². The fourth-order valence-corrected chi connectivity index (χ4v) is 2.08. The maximum Gasteiger partial charge on any atom is 0.339 e. The van der Waals surface area contributed by atoms with Crippen LogP contribution in [0.3, 0.4) is 0 Å². The van der Waals surface area contributed by atoms with Gasteiger partial charge in [0.15, 0.2) is 0 Å². The fraction of sp³-hybridized carbons (Fsp3) is 0.100. The van der Waals surface area contributed by atoms with Gasteiger partial charge in [0, 0.05) is 5.39 Å². The Kier molecular flexibility index (Phi) is 8.94. The zero-order valence-corrected chi connectivity index (χ0v) is 14.7. The predicted octanol–water partition coefficient (Wildman–Crippen LogP) is 2.31. The van der Waals surface area contributed by atoms with Crippen LogP contribution in [-0.2, 0) is 0 Å². The standard InChI is InChI=1S/C11H8O3.C7H6O3.C2H6O2/c12-10-8-4-2-1-3-7(8)5-6-9(10)11(13)14;8-6-4-2-1-3-5(6)7(9)10;3-1-2-4/h1-6,12H,(H,13,14);1-4,8H,(H,9,10);3-4H,1-2H2. The highest BCUT2D eigenvalue weighted by Crippen LogP contribution is 2.28. The third kappa shape index (κ3) is 6.27. The van der Waals surface area contributed by atoms with Crippen molar-refractivity contribution in [1.82, 2.24) is 0 Å². The van der Waals surface area contributed by atoms with E-state index in [0.29, 0.717) is 5.39 Å². The maximum atomic E-state index is 10.7. The number of aliphatic hydroxyl groups is 2. The lowest BCUT2D eigenvalue weighted by atomic mass is 10.1. The Balaban J connectivity index is 0.000000245. The van der Waals surface area contributed by atoms with Crippen LogP contribution in [0.2, 0.25) is 0 Å². The number of para-hydroxylation sites is 1. The molecule has 0 aliphatic rings. The Labute approximate surface area is 160 Å². The van der Waals surface area contributed by atoms with E-state index in [-0.39, 0.29) is 35.8 Å². The molecule has 3 rings (SSSR count). The first-order chi connectivity index (χ1) is 13.3. The number of hydrogen-bond donors (Lipinski definition) is 6. The fourth-order valence-electron chi connectivity index (χ4n) is 2.08. The summed E-state index contributed by atoms with van der Waals surface area (Å²) in [5.41, 5.74) is -0.133. The second-order valence-corrected chi connectivity index (χ2v) is 5.26. The summed E-state index contributed by atoms with van der Waals surface area (Å²) in [6, 6.07) is 16.0. The van der Waals surface area contributed by atoms with Crippen molar-refractivity contribution in [1.29, 1.82) is 0 Å². The van der Waals surface area contributed by atoms with Crippen molar-refractivity contribution in [3.8, 4) is 11.5 Å². The minimum absolute atomic E-state index is 0.0660. The highest BCUT2D eigenvalue weighted by molar-refractivity contribution is 6.00. The first-order valence-electron chi connectivity index (χ1n) is 8.00. The van der Waals surface area contributed by atoms with E-state index in [1.54, 1.807) is 30.3 Å². The normalized spacial score (nSPS) is 9.50. The number of phenols is 2. The molecule has 6 N–H and O–H groups in total. The number of fused-ring (bicyclic) bond motifs is 1. The molecule has 148 valence electrons. The molecule has 28 heavy (non-hydrogen) atoms. The number of carboxylic acid groups (broad SMARTS) is 2. The Morgan fingerprint density at radius 2 is 1.21 bits per heavy atom. The van der Waals surface area contributed by atoms with Crippen LogP contribution in [0.1, 0.15) is 20.7 Å². The lowest BCUT2D eigenvalue weighted by Crippen LogP contribution is -1.96. The van der Waals surface area contributed by atoms with Crippen LogP contribution in [0.5, 0.6) is 11.5 Å². The Hall–Kier alpha value is -3.62. The first-order valence-corrected chi connectivity index (χ1v) is 8.00. The molecule has 3 aromatic rings. The van der Waals surface area contributed by atoms with Gasteiger partial charge in [0.25, 0.3) is 0 Å². The minimum Gasteiger partial charge on any atom is -0.507 e. The van der Waals surface area contributed by atoms with E-state index >= 15 is 0 Å². The lowest BCUT2D eigenvalue weighted by molar-refractivity contribution is 0.0682. The smallest absolute Gasteiger partial charge is 0.339 e. The lowest BCUT2D eigenvalue weighted by Gasteiger charge is -2.03. The van der Waals surface area contributed by atoms with Crippen molar-refractivity contribution >= 4 is 22.7 Å². The van der Waals surface area contributed by atoms with Crippen LogP contribution in [0.4, 0.5) is 0 Å². The van der Waals surface area contributed by atoms with Crippen LogP contribution in [0, 0.1) is 0 Å². The van der Waals surface area contributed by atoms with Crippen molar-refractivity contribution in [2.24, 2.45) is 0 Å². The molecule has 8 heteroatoms. The molecule has 0 fully saturated rings. The molecule has 3 aromatic carbocycles. The van der Waals surface area contributed by atoms with Crippen LogP contribution in [0.15, 0.2) is 60.7 Å². The van der Waals surface area contributed by atoms with Gasteiger partial charge >= 0.3 is 11.9 Å². The largest absolute Gasteiger partial charge is 0.507 e. The van der Waals surface area contributed by atoms with Gasteiger partial charge in [-0.2, -0.15) is 0 Å². The molecule has 0 aliphatic carbocycles. The van der Waals surface area contributed by atoms with Crippen molar-refractivity contribution in [2.45, 2.75) is 0 Å². The van der Waals surface area contributed by atoms with Gasteiger partial charge in [0.2, 0.25) is 0 Å². The number of carboxylic acids is 2. The summed E-state index contributed by atoms with van der Waals surface area (Å²) in [7, 11) is 0. The molecule has 0 aromatic heterocycles. The molecule has 0 radical (unpaired) electrons. The Bertz CT molecular complexity index is 934. The number of aromatic hydroxyl groups is 2. The second-order valence-electron chi connectivity index (χ2n) is 5.26. The molecule has 0 unspecified atom stereocenters. The summed E-state index contributed by atoms with van der Waals surface area (Å²) >= 11 is 0. The third-order valence-corrected chi connectivity index (χ3v) is 3.37. The van der Waals surface area contributed by atoms with E-state index in [4.69, 9.17) is 25.5 Å². The quantitative estimate of drug-likeness (QED) is 0.399. The van der Waals surface area contributed by atoms with Gasteiger partial charge in [-0.3, -0.25) is 0 Å². The summed E-state index contributed by atoms with van der Waals surface area (Å²) < 4.78 is 0. The van der Waals surface area contributed by atoms with Gasteiger partial charge in [-0.15, -0.1) is 0 Å². The van der Waals surface area contributed by atoms with Gasteiger partial charge in [0.05, 0.1) is 13.2 Å². The third-order valence-electron chi connectivity index (χ3n) is 3.37. The van der Waals surface area contributed by atoms with Crippen molar-refractivity contribution in [3.63, 3.8) is 0 Å². The average molecular weight is 388 g/mol. The summed E-state index contributed by atoms with van der Waals surface area (Å²) in [5.74, 6) is -2.60. The summed E-state index contributed by atoms with van der Waals surface area (Å²) in [6.07, 6.45) is 0. The van der Waals surface area contributed by atoms with Gasteiger partial charge in [-0.25, -0.2) is 9.59 Å². The SMILES string of the molecule is O=C(O)c1ccc2ccccc2c1O.O=C(O)c1ccccc1O.OCCO. The topological polar surface area (TPSA) is 156 Å². The number of aromatic carboxylic acids is 2. The van der Waals surface area contributed by atoms with Crippen LogP contribution >= 0.6 is 0 Å². The van der Waals surface area contributed by atoms with E-state index in [1.807, 2.05) is 12.1 Å².